The number of guanidine groups is 1. The minimum Gasteiger partial charge on any atom is -0.380 e. The monoisotopic (exact) mass is 291 g/mol. The second-order valence-corrected chi connectivity index (χ2v) is 4.96. The molecule has 0 aliphatic carbocycles. The van der Waals surface area contributed by atoms with Gasteiger partial charge in [0.05, 0.1) is 13.2 Å². The van der Waals surface area contributed by atoms with E-state index >= 15 is 0 Å². The Balaban J connectivity index is 2.59. The molecule has 1 aromatic carbocycles. The zero-order valence-corrected chi connectivity index (χ0v) is 13.9. The molecule has 0 fully saturated rings. The van der Waals surface area contributed by atoms with Crippen LogP contribution in [0.1, 0.15) is 31.9 Å². The molecule has 21 heavy (non-hydrogen) atoms. The van der Waals surface area contributed by atoms with Gasteiger partial charge in [-0.25, -0.2) is 0 Å². The molecule has 0 aliphatic heterocycles. The van der Waals surface area contributed by atoms with Crippen LogP contribution in [0.4, 0.5) is 0 Å². The van der Waals surface area contributed by atoms with Gasteiger partial charge in [0, 0.05) is 26.7 Å². The Morgan fingerprint density at radius 2 is 1.81 bits per heavy atom. The summed E-state index contributed by atoms with van der Waals surface area (Å²) in [6.07, 6.45) is 1.08. The number of nitrogens with zero attached hydrogens (tertiary/aromatic N) is 2. The molecule has 0 radical (unpaired) electrons. The first kappa shape index (κ1) is 17.5. The molecule has 0 amide bonds. The van der Waals surface area contributed by atoms with Crippen LogP contribution in [0.3, 0.4) is 0 Å². The van der Waals surface area contributed by atoms with Crippen molar-refractivity contribution in [3.05, 3.63) is 35.4 Å². The maximum absolute atomic E-state index is 5.33. The number of aliphatic imine (C=N–C) groups is 1. The smallest absolute Gasteiger partial charge is 0.194 e. The lowest BCUT2D eigenvalue weighted by molar-refractivity contribution is 0.155. The SMILES string of the molecule is CCNC(=NCCOCC)N(C)Cc1ccc(CC)cc1. The Morgan fingerprint density at radius 1 is 1.14 bits per heavy atom. The third-order valence-corrected chi connectivity index (χ3v) is 3.25. The summed E-state index contributed by atoms with van der Waals surface area (Å²) in [4.78, 5) is 6.74. The summed E-state index contributed by atoms with van der Waals surface area (Å²) in [5.41, 5.74) is 2.67. The van der Waals surface area contributed by atoms with Crippen molar-refractivity contribution >= 4 is 5.96 Å². The molecule has 1 rings (SSSR count). The molecule has 0 unspecified atom stereocenters. The lowest BCUT2D eigenvalue weighted by Crippen LogP contribution is -2.38. The average Bonchev–Trinajstić information content (AvgIpc) is 2.51. The standard InChI is InChI=1S/C17H29N3O/c1-5-15-8-10-16(11-9-15)14-20(4)17(18-6-2)19-12-13-21-7-3/h8-11H,5-7,12-14H2,1-4H3,(H,18,19). The van der Waals surface area contributed by atoms with Crippen molar-refractivity contribution in [3.63, 3.8) is 0 Å². The first-order valence-corrected chi connectivity index (χ1v) is 7.86. The fourth-order valence-corrected chi connectivity index (χ4v) is 2.06. The number of ether oxygens (including phenoxy) is 1. The number of hydrogen-bond donors (Lipinski definition) is 1. The molecule has 0 heterocycles. The van der Waals surface area contributed by atoms with Gasteiger partial charge >= 0.3 is 0 Å². The molecule has 0 saturated carbocycles. The summed E-state index contributed by atoms with van der Waals surface area (Å²) < 4.78 is 5.33. The summed E-state index contributed by atoms with van der Waals surface area (Å²) in [6, 6.07) is 8.78. The van der Waals surface area contributed by atoms with Gasteiger partial charge in [0.1, 0.15) is 0 Å². The molecule has 1 aromatic rings. The fourth-order valence-electron chi connectivity index (χ4n) is 2.06. The minimum atomic E-state index is 0.671. The van der Waals surface area contributed by atoms with E-state index in [0.717, 1.165) is 32.1 Å². The molecule has 1 N–H and O–H groups in total. The Labute approximate surface area is 129 Å². The first-order valence-electron chi connectivity index (χ1n) is 7.86. The Bertz CT molecular complexity index is 415. The molecular formula is C17H29N3O. The van der Waals surface area contributed by atoms with Gasteiger partial charge in [-0.05, 0) is 31.4 Å². The van der Waals surface area contributed by atoms with Gasteiger partial charge < -0.3 is 15.0 Å². The van der Waals surface area contributed by atoms with Gasteiger partial charge in [0.15, 0.2) is 5.96 Å². The zero-order valence-electron chi connectivity index (χ0n) is 13.9. The Kier molecular flexibility index (Phi) is 8.51. The zero-order chi connectivity index (χ0) is 15.5. The van der Waals surface area contributed by atoms with E-state index in [1.54, 1.807) is 0 Å². The quantitative estimate of drug-likeness (QED) is 0.454. The molecule has 0 atom stereocenters. The summed E-state index contributed by atoms with van der Waals surface area (Å²) in [6.45, 7) is 10.1. The van der Waals surface area contributed by atoms with E-state index in [1.807, 2.05) is 6.92 Å². The van der Waals surface area contributed by atoms with Gasteiger partial charge in [-0.2, -0.15) is 0 Å². The topological polar surface area (TPSA) is 36.9 Å². The van der Waals surface area contributed by atoms with Gasteiger partial charge in [0.2, 0.25) is 0 Å². The maximum Gasteiger partial charge on any atom is 0.194 e. The minimum absolute atomic E-state index is 0.671. The van der Waals surface area contributed by atoms with Crippen LogP contribution < -0.4 is 5.32 Å². The lowest BCUT2D eigenvalue weighted by atomic mass is 10.1. The normalized spacial score (nSPS) is 11.5. The third-order valence-electron chi connectivity index (χ3n) is 3.25. The third kappa shape index (κ3) is 6.63. The van der Waals surface area contributed by atoms with E-state index < -0.39 is 0 Å². The number of nitrogens with one attached hydrogen (secondary N) is 1. The highest BCUT2D eigenvalue weighted by atomic mass is 16.5. The van der Waals surface area contributed by atoms with Crippen molar-refractivity contribution < 1.29 is 4.74 Å². The van der Waals surface area contributed by atoms with Crippen LogP contribution in [-0.4, -0.2) is 44.2 Å². The molecule has 118 valence electrons. The van der Waals surface area contributed by atoms with Crippen LogP contribution in [0.15, 0.2) is 29.3 Å². The van der Waals surface area contributed by atoms with E-state index in [9.17, 15) is 0 Å². The van der Waals surface area contributed by atoms with Crippen molar-refractivity contribution in [2.24, 2.45) is 4.99 Å². The Hall–Kier alpha value is -1.55. The second-order valence-electron chi connectivity index (χ2n) is 4.96. The molecule has 0 spiro atoms. The van der Waals surface area contributed by atoms with Gasteiger partial charge in [-0.3, -0.25) is 4.99 Å². The summed E-state index contributed by atoms with van der Waals surface area (Å²) in [5.74, 6) is 0.928. The summed E-state index contributed by atoms with van der Waals surface area (Å²) in [7, 11) is 2.07. The molecular weight excluding hydrogens is 262 g/mol. The van der Waals surface area contributed by atoms with Crippen LogP contribution in [0.5, 0.6) is 0 Å². The van der Waals surface area contributed by atoms with E-state index in [0.29, 0.717) is 13.2 Å². The number of benzene rings is 1. The largest absolute Gasteiger partial charge is 0.380 e. The number of aryl methyl sites for hydroxylation is 1. The molecule has 0 saturated heterocycles. The summed E-state index contributed by atoms with van der Waals surface area (Å²) in [5, 5.41) is 3.32. The van der Waals surface area contributed by atoms with E-state index in [-0.39, 0.29) is 0 Å². The van der Waals surface area contributed by atoms with Crippen molar-refractivity contribution in [1.29, 1.82) is 0 Å². The van der Waals surface area contributed by atoms with Crippen molar-refractivity contribution in [2.75, 3.05) is 33.4 Å². The molecule has 0 bridgehead atoms. The van der Waals surface area contributed by atoms with Crippen LogP contribution >= 0.6 is 0 Å². The van der Waals surface area contributed by atoms with Gasteiger partial charge in [-0.1, -0.05) is 31.2 Å². The van der Waals surface area contributed by atoms with E-state index in [1.165, 1.54) is 11.1 Å². The van der Waals surface area contributed by atoms with Crippen LogP contribution in [0, 0.1) is 0 Å². The second kappa shape index (κ2) is 10.2. The average molecular weight is 291 g/mol. The number of rotatable bonds is 8. The first-order chi connectivity index (χ1) is 10.2. The van der Waals surface area contributed by atoms with Crippen LogP contribution in [0.2, 0.25) is 0 Å². The molecule has 0 aliphatic rings. The molecule has 4 nitrogen and oxygen atoms in total. The Morgan fingerprint density at radius 3 is 2.38 bits per heavy atom. The maximum atomic E-state index is 5.33. The predicted octanol–water partition coefficient (Wildman–Crippen LogP) is 2.68. The van der Waals surface area contributed by atoms with E-state index in [2.05, 4.69) is 60.4 Å². The van der Waals surface area contributed by atoms with Crippen molar-refractivity contribution in [3.8, 4) is 0 Å². The molecule has 0 aromatic heterocycles. The number of hydrogen-bond acceptors (Lipinski definition) is 2. The van der Waals surface area contributed by atoms with Gasteiger partial charge in [0.25, 0.3) is 0 Å². The highest BCUT2D eigenvalue weighted by molar-refractivity contribution is 5.79. The summed E-state index contributed by atoms with van der Waals surface area (Å²) >= 11 is 0. The van der Waals surface area contributed by atoms with Gasteiger partial charge in [-0.15, -0.1) is 0 Å². The fraction of sp³-hybridized carbons (Fsp3) is 0.588. The van der Waals surface area contributed by atoms with Crippen molar-refractivity contribution in [2.45, 2.75) is 33.7 Å². The lowest BCUT2D eigenvalue weighted by Gasteiger charge is -2.22. The highest BCUT2D eigenvalue weighted by Gasteiger charge is 2.06. The highest BCUT2D eigenvalue weighted by Crippen LogP contribution is 2.07. The predicted molar refractivity (Wildman–Crippen MR) is 89.8 cm³/mol. The van der Waals surface area contributed by atoms with E-state index in [4.69, 9.17) is 4.74 Å². The van der Waals surface area contributed by atoms with Crippen LogP contribution in [-0.2, 0) is 17.7 Å². The molecule has 4 heteroatoms. The van der Waals surface area contributed by atoms with Crippen molar-refractivity contribution in [1.82, 2.24) is 10.2 Å². The van der Waals surface area contributed by atoms with Crippen LogP contribution in [0.25, 0.3) is 0 Å².